The van der Waals surface area contributed by atoms with Crippen LogP contribution in [0.25, 0.3) is 0 Å². The van der Waals surface area contributed by atoms with Gasteiger partial charge in [-0.1, -0.05) is 13.8 Å². The van der Waals surface area contributed by atoms with Gasteiger partial charge in [-0.05, 0) is 33.6 Å². The van der Waals surface area contributed by atoms with Gasteiger partial charge in [-0.25, -0.2) is 4.79 Å². The number of rotatable bonds is 5. The number of carbonyl (C=O) groups excluding carboxylic acids is 3. The van der Waals surface area contributed by atoms with Gasteiger partial charge in [0.1, 0.15) is 17.7 Å². The van der Waals surface area contributed by atoms with Gasteiger partial charge in [0.2, 0.25) is 11.8 Å². The van der Waals surface area contributed by atoms with Crippen LogP contribution >= 0.6 is 0 Å². The summed E-state index contributed by atoms with van der Waals surface area (Å²) in [7, 11) is 0. The summed E-state index contributed by atoms with van der Waals surface area (Å²) in [5.74, 6) is -1.27. The molecule has 0 spiro atoms. The van der Waals surface area contributed by atoms with E-state index in [-0.39, 0.29) is 11.8 Å². The zero-order valence-corrected chi connectivity index (χ0v) is 13.4. The second-order valence-corrected chi connectivity index (χ2v) is 6.19. The molecule has 0 aromatic rings. The molecule has 0 aliphatic rings. The summed E-state index contributed by atoms with van der Waals surface area (Å²) in [6, 6.07) is -1.44. The highest BCUT2D eigenvalue weighted by Crippen LogP contribution is 2.09. The van der Waals surface area contributed by atoms with Crippen LogP contribution in [-0.4, -0.2) is 35.5 Å². The van der Waals surface area contributed by atoms with Crippen LogP contribution < -0.4 is 10.6 Å². The molecular formula is C14H26N2O4. The first-order valence-corrected chi connectivity index (χ1v) is 6.74. The molecule has 0 rings (SSSR count). The molecule has 2 N–H and O–H groups in total. The Kier molecular flexibility index (Phi) is 6.68. The predicted octanol–water partition coefficient (Wildman–Crippen LogP) is 0.993. The highest BCUT2D eigenvalue weighted by Gasteiger charge is 2.28. The second kappa shape index (κ2) is 7.26. The fourth-order valence-corrected chi connectivity index (χ4v) is 1.51. The highest BCUT2D eigenvalue weighted by atomic mass is 16.6. The lowest BCUT2D eigenvalue weighted by molar-refractivity contribution is -0.158. The summed E-state index contributed by atoms with van der Waals surface area (Å²) < 4.78 is 5.18. The minimum absolute atomic E-state index is 0.0789. The fraction of sp³-hybridized carbons (Fsp3) is 0.786. The largest absolute Gasteiger partial charge is 0.458 e. The molecule has 0 fully saturated rings. The molecule has 2 atom stereocenters. The van der Waals surface area contributed by atoms with Crippen LogP contribution in [-0.2, 0) is 19.1 Å². The monoisotopic (exact) mass is 286 g/mol. The number of nitrogens with one attached hydrogen (secondary N) is 2. The summed E-state index contributed by atoms with van der Waals surface area (Å²) in [5.41, 5.74) is -0.606. The topological polar surface area (TPSA) is 84.5 Å². The zero-order chi connectivity index (χ0) is 16.1. The third-order valence-corrected chi connectivity index (χ3v) is 2.43. The molecule has 0 aliphatic carbocycles. The zero-order valence-electron chi connectivity index (χ0n) is 13.4. The second-order valence-electron chi connectivity index (χ2n) is 6.19. The molecule has 116 valence electrons. The van der Waals surface area contributed by atoms with Gasteiger partial charge < -0.3 is 15.4 Å². The van der Waals surface area contributed by atoms with E-state index in [1.165, 1.54) is 6.92 Å². The highest BCUT2D eigenvalue weighted by molar-refractivity contribution is 5.90. The Morgan fingerprint density at radius 1 is 1.00 bits per heavy atom. The van der Waals surface area contributed by atoms with Crippen LogP contribution in [0.5, 0.6) is 0 Å². The van der Waals surface area contributed by atoms with E-state index in [1.807, 2.05) is 13.8 Å². The van der Waals surface area contributed by atoms with E-state index in [0.717, 1.165) is 0 Å². The van der Waals surface area contributed by atoms with E-state index in [1.54, 1.807) is 27.7 Å². The summed E-state index contributed by atoms with van der Waals surface area (Å²) in [4.78, 5) is 34.9. The normalized spacial score (nSPS) is 14.4. The summed E-state index contributed by atoms with van der Waals surface area (Å²) in [6.45, 7) is 11.8. The van der Waals surface area contributed by atoms with Crippen molar-refractivity contribution in [3.8, 4) is 0 Å². The van der Waals surface area contributed by atoms with Crippen LogP contribution in [0, 0.1) is 5.92 Å². The van der Waals surface area contributed by atoms with E-state index in [9.17, 15) is 14.4 Å². The summed E-state index contributed by atoms with van der Waals surface area (Å²) >= 11 is 0. The van der Waals surface area contributed by atoms with Gasteiger partial charge in [0.05, 0.1) is 0 Å². The van der Waals surface area contributed by atoms with E-state index < -0.39 is 29.6 Å². The Labute approximate surface area is 120 Å². The third-order valence-electron chi connectivity index (χ3n) is 2.43. The van der Waals surface area contributed by atoms with Crippen molar-refractivity contribution in [2.24, 2.45) is 5.92 Å². The number of esters is 1. The van der Waals surface area contributed by atoms with Gasteiger partial charge in [-0.2, -0.15) is 0 Å². The van der Waals surface area contributed by atoms with Crippen LogP contribution in [0.1, 0.15) is 48.5 Å². The van der Waals surface area contributed by atoms with Crippen LogP contribution in [0.3, 0.4) is 0 Å². The Morgan fingerprint density at radius 3 is 1.85 bits per heavy atom. The number of ether oxygens (including phenoxy) is 1. The molecular weight excluding hydrogens is 260 g/mol. The van der Waals surface area contributed by atoms with Crippen molar-refractivity contribution in [3.05, 3.63) is 0 Å². The molecule has 0 heterocycles. The maximum Gasteiger partial charge on any atom is 0.328 e. The molecule has 20 heavy (non-hydrogen) atoms. The van der Waals surface area contributed by atoms with Crippen LogP contribution in [0.4, 0.5) is 0 Å². The van der Waals surface area contributed by atoms with Crippen LogP contribution in [0.15, 0.2) is 0 Å². The molecule has 2 amide bonds. The Bertz CT molecular complexity index is 372. The molecule has 6 nitrogen and oxygen atoms in total. The Morgan fingerprint density at radius 2 is 1.50 bits per heavy atom. The summed E-state index contributed by atoms with van der Waals surface area (Å²) in [6.07, 6.45) is 0. The average molecular weight is 286 g/mol. The molecule has 0 bridgehead atoms. The first-order valence-electron chi connectivity index (χ1n) is 6.74. The molecule has 0 aliphatic heterocycles. The lowest BCUT2D eigenvalue weighted by atomic mass is 10.0. The molecule has 0 radical (unpaired) electrons. The SMILES string of the molecule is CC(=O)NC(C(=O)N[C@H](C)C(=O)OC(C)(C)C)C(C)C. The first kappa shape index (κ1) is 18.4. The van der Waals surface area contributed by atoms with Gasteiger partial charge in [0.25, 0.3) is 0 Å². The minimum atomic E-state index is -0.767. The van der Waals surface area contributed by atoms with Gasteiger partial charge >= 0.3 is 5.97 Å². The van der Waals surface area contributed by atoms with E-state index in [4.69, 9.17) is 4.74 Å². The standard InChI is InChI=1S/C14H26N2O4/c1-8(2)11(16-10(4)17)12(18)15-9(3)13(19)20-14(5,6)7/h8-9,11H,1-7H3,(H,15,18)(H,16,17)/t9-,11?/m1/s1. The van der Waals surface area contributed by atoms with Crippen LogP contribution in [0.2, 0.25) is 0 Å². The fourth-order valence-electron chi connectivity index (χ4n) is 1.51. The van der Waals surface area contributed by atoms with Crippen molar-refractivity contribution in [1.82, 2.24) is 10.6 Å². The average Bonchev–Trinajstić information content (AvgIpc) is 2.22. The van der Waals surface area contributed by atoms with Crippen molar-refractivity contribution in [3.63, 3.8) is 0 Å². The van der Waals surface area contributed by atoms with Crippen molar-refractivity contribution in [2.45, 2.75) is 66.2 Å². The summed E-state index contributed by atoms with van der Waals surface area (Å²) in [5, 5.41) is 5.13. The first-order chi connectivity index (χ1) is 8.94. The molecule has 1 unspecified atom stereocenters. The van der Waals surface area contributed by atoms with Gasteiger partial charge in [0.15, 0.2) is 0 Å². The molecule has 0 saturated heterocycles. The van der Waals surface area contributed by atoms with Crippen molar-refractivity contribution in [2.75, 3.05) is 0 Å². The lowest BCUT2D eigenvalue weighted by Gasteiger charge is -2.25. The third kappa shape index (κ3) is 7.11. The number of carbonyl (C=O) groups is 3. The van der Waals surface area contributed by atoms with Gasteiger partial charge in [-0.15, -0.1) is 0 Å². The van der Waals surface area contributed by atoms with E-state index in [2.05, 4.69) is 10.6 Å². The lowest BCUT2D eigenvalue weighted by Crippen LogP contribution is -2.53. The predicted molar refractivity (Wildman–Crippen MR) is 75.9 cm³/mol. The molecule has 0 aromatic carbocycles. The van der Waals surface area contributed by atoms with Crippen molar-refractivity contribution < 1.29 is 19.1 Å². The maximum atomic E-state index is 12.1. The van der Waals surface area contributed by atoms with E-state index >= 15 is 0 Å². The smallest absolute Gasteiger partial charge is 0.328 e. The number of amides is 2. The van der Waals surface area contributed by atoms with Crippen molar-refractivity contribution in [1.29, 1.82) is 0 Å². The number of hydrogen-bond donors (Lipinski definition) is 2. The molecule has 0 saturated carbocycles. The van der Waals surface area contributed by atoms with Gasteiger partial charge in [0, 0.05) is 6.92 Å². The van der Waals surface area contributed by atoms with Gasteiger partial charge in [-0.3, -0.25) is 9.59 Å². The van der Waals surface area contributed by atoms with E-state index in [0.29, 0.717) is 0 Å². The Hall–Kier alpha value is -1.59. The Balaban J connectivity index is 4.63. The molecule has 0 aromatic heterocycles. The quantitative estimate of drug-likeness (QED) is 0.738. The number of hydrogen-bond acceptors (Lipinski definition) is 4. The van der Waals surface area contributed by atoms with Crippen molar-refractivity contribution >= 4 is 17.8 Å². The molecule has 6 heteroatoms. The minimum Gasteiger partial charge on any atom is -0.458 e. The maximum absolute atomic E-state index is 12.1.